The van der Waals surface area contributed by atoms with E-state index in [2.05, 4.69) is 130 Å². The van der Waals surface area contributed by atoms with Gasteiger partial charge in [-0.3, -0.25) is 14.4 Å². The van der Waals surface area contributed by atoms with E-state index in [9.17, 15) is 14.4 Å². The molecule has 0 saturated carbocycles. The fraction of sp³-hybridized carbons (Fsp3) is 0.696. The van der Waals surface area contributed by atoms with E-state index in [4.69, 9.17) is 14.2 Å². The van der Waals surface area contributed by atoms with E-state index in [-0.39, 0.29) is 31.1 Å². The molecule has 0 aromatic rings. The lowest BCUT2D eigenvalue weighted by atomic mass is 10.1. The van der Waals surface area contributed by atoms with Gasteiger partial charge >= 0.3 is 17.9 Å². The summed E-state index contributed by atoms with van der Waals surface area (Å²) in [5, 5.41) is 0. The van der Waals surface area contributed by atoms with Gasteiger partial charge in [-0.1, -0.05) is 271 Å². The fourth-order valence-electron chi connectivity index (χ4n) is 8.57. The minimum atomic E-state index is -0.779. The lowest BCUT2D eigenvalue weighted by Gasteiger charge is -2.18. The van der Waals surface area contributed by atoms with Crippen LogP contribution < -0.4 is 0 Å². The summed E-state index contributed by atoms with van der Waals surface area (Å²) in [6, 6.07) is 0. The lowest BCUT2D eigenvalue weighted by molar-refractivity contribution is -0.167. The maximum atomic E-state index is 12.8. The molecule has 1 atom stereocenters. The molecule has 0 spiro atoms. The number of carbonyl (C=O) groups is 3. The first kappa shape index (κ1) is 71.1. The Morgan fingerprint density at radius 2 is 0.520 bits per heavy atom. The van der Waals surface area contributed by atoms with Crippen molar-refractivity contribution in [3.8, 4) is 0 Å². The van der Waals surface area contributed by atoms with Gasteiger partial charge in [0.1, 0.15) is 13.2 Å². The summed E-state index contributed by atoms with van der Waals surface area (Å²) >= 11 is 0. The molecule has 6 heteroatoms. The molecule has 0 aliphatic heterocycles. The number of carbonyl (C=O) groups excluding carboxylic acids is 3. The number of allylic oxidation sites excluding steroid dienone is 18. The van der Waals surface area contributed by atoms with Crippen LogP contribution in [-0.4, -0.2) is 37.2 Å². The predicted molar refractivity (Wildman–Crippen MR) is 325 cm³/mol. The van der Waals surface area contributed by atoms with Gasteiger partial charge in [0.05, 0.1) is 0 Å². The average Bonchev–Trinajstić information content (AvgIpc) is 3.41. The second kappa shape index (κ2) is 62.6. The molecule has 1 unspecified atom stereocenters. The maximum absolute atomic E-state index is 12.8. The molecule has 0 heterocycles. The third-order valence-corrected chi connectivity index (χ3v) is 13.3. The summed E-state index contributed by atoms with van der Waals surface area (Å²) in [7, 11) is 0. The van der Waals surface area contributed by atoms with E-state index in [0.717, 1.165) is 122 Å². The second-order valence-corrected chi connectivity index (χ2v) is 20.6. The van der Waals surface area contributed by atoms with Gasteiger partial charge < -0.3 is 14.2 Å². The highest BCUT2D eigenvalue weighted by Crippen LogP contribution is 2.15. The van der Waals surface area contributed by atoms with Gasteiger partial charge in [-0.15, -0.1) is 0 Å². The van der Waals surface area contributed by atoms with Gasteiger partial charge in [-0.2, -0.15) is 0 Å². The van der Waals surface area contributed by atoms with Crippen molar-refractivity contribution in [1.82, 2.24) is 0 Å². The highest BCUT2D eigenvalue weighted by molar-refractivity contribution is 5.71. The molecular weight excluding hydrogens is 925 g/mol. The van der Waals surface area contributed by atoms with Crippen molar-refractivity contribution >= 4 is 17.9 Å². The Morgan fingerprint density at radius 3 is 0.827 bits per heavy atom. The quantitative estimate of drug-likeness (QED) is 0.0261. The molecule has 0 N–H and O–H groups in total. The van der Waals surface area contributed by atoms with E-state index < -0.39 is 6.10 Å². The van der Waals surface area contributed by atoms with Crippen molar-refractivity contribution in [2.75, 3.05) is 13.2 Å². The van der Waals surface area contributed by atoms with Crippen LogP contribution in [-0.2, 0) is 28.6 Å². The van der Waals surface area contributed by atoms with Gasteiger partial charge in [-0.25, -0.2) is 0 Å². The Hall–Kier alpha value is -3.93. The SMILES string of the molecule is CC/C=C\C/C=C\C/C=C\C/C=C\C/C=C\C/C=C\C/C=C\C/C=C\CCCCCCCCCCC(=O)OCC(COC(=O)CCCCCCC)OC(=O)CCCCCCCCCCC/C=C\CCCCCCCC. The van der Waals surface area contributed by atoms with Crippen LogP contribution in [0.1, 0.15) is 290 Å². The summed E-state index contributed by atoms with van der Waals surface area (Å²) < 4.78 is 16.7. The molecule has 75 heavy (non-hydrogen) atoms. The van der Waals surface area contributed by atoms with Gasteiger partial charge in [0.15, 0.2) is 6.10 Å². The molecule has 428 valence electrons. The lowest BCUT2D eigenvalue weighted by Crippen LogP contribution is -2.30. The van der Waals surface area contributed by atoms with Crippen LogP contribution >= 0.6 is 0 Å². The van der Waals surface area contributed by atoms with E-state index in [1.54, 1.807) is 0 Å². The van der Waals surface area contributed by atoms with Crippen LogP contribution in [0.5, 0.6) is 0 Å². The molecule has 0 saturated heterocycles. The molecule has 0 aromatic heterocycles. The van der Waals surface area contributed by atoms with Crippen molar-refractivity contribution in [3.05, 3.63) is 109 Å². The molecular formula is C69H116O6. The fourth-order valence-corrected chi connectivity index (χ4v) is 8.57. The van der Waals surface area contributed by atoms with Crippen LogP contribution in [0.15, 0.2) is 109 Å². The minimum absolute atomic E-state index is 0.0811. The molecule has 0 bridgehead atoms. The molecule has 6 nitrogen and oxygen atoms in total. The van der Waals surface area contributed by atoms with E-state index in [0.29, 0.717) is 19.3 Å². The summed E-state index contributed by atoms with van der Waals surface area (Å²) in [6.45, 7) is 6.44. The smallest absolute Gasteiger partial charge is 0.306 e. The first-order chi connectivity index (χ1) is 37.0. The summed E-state index contributed by atoms with van der Waals surface area (Å²) in [5.74, 6) is -0.901. The zero-order valence-electron chi connectivity index (χ0n) is 49.0. The van der Waals surface area contributed by atoms with Crippen LogP contribution in [0.4, 0.5) is 0 Å². The molecule has 0 aromatic carbocycles. The van der Waals surface area contributed by atoms with Crippen LogP contribution in [0, 0.1) is 0 Å². The molecule has 0 amide bonds. The number of rotatable bonds is 56. The largest absolute Gasteiger partial charge is 0.462 e. The normalized spacial score (nSPS) is 12.8. The molecule has 0 aliphatic rings. The van der Waals surface area contributed by atoms with Gasteiger partial charge in [0.2, 0.25) is 0 Å². The minimum Gasteiger partial charge on any atom is -0.462 e. The topological polar surface area (TPSA) is 78.9 Å². The summed E-state index contributed by atoms with van der Waals surface area (Å²) in [5.41, 5.74) is 0. The van der Waals surface area contributed by atoms with Crippen molar-refractivity contribution < 1.29 is 28.6 Å². The highest BCUT2D eigenvalue weighted by Gasteiger charge is 2.19. The first-order valence-corrected chi connectivity index (χ1v) is 31.4. The number of ether oxygens (including phenoxy) is 3. The summed E-state index contributed by atoms with van der Waals surface area (Å²) in [6.07, 6.45) is 85.7. The average molecular weight is 1040 g/mol. The van der Waals surface area contributed by atoms with Crippen LogP contribution in [0.2, 0.25) is 0 Å². The number of unbranched alkanes of at least 4 members (excludes halogenated alkanes) is 27. The third-order valence-electron chi connectivity index (χ3n) is 13.3. The Kier molecular flexibility index (Phi) is 59.3. The first-order valence-electron chi connectivity index (χ1n) is 31.4. The molecule has 0 radical (unpaired) electrons. The maximum Gasteiger partial charge on any atom is 0.306 e. The van der Waals surface area contributed by atoms with Crippen molar-refractivity contribution in [3.63, 3.8) is 0 Å². The Bertz CT molecular complexity index is 1520. The zero-order chi connectivity index (χ0) is 54.3. The highest BCUT2D eigenvalue weighted by atomic mass is 16.6. The Balaban J connectivity index is 4.07. The van der Waals surface area contributed by atoms with E-state index in [1.807, 2.05) is 0 Å². The number of hydrogen-bond donors (Lipinski definition) is 0. The third kappa shape index (κ3) is 60.8. The van der Waals surface area contributed by atoms with Gasteiger partial charge in [-0.05, 0) is 109 Å². The van der Waals surface area contributed by atoms with Crippen LogP contribution in [0.3, 0.4) is 0 Å². The van der Waals surface area contributed by atoms with Crippen LogP contribution in [0.25, 0.3) is 0 Å². The zero-order valence-corrected chi connectivity index (χ0v) is 49.0. The van der Waals surface area contributed by atoms with Gasteiger partial charge in [0, 0.05) is 19.3 Å². The Morgan fingerprint density at radius 1 is 0.280 bits per heavy atom. The van der Waals surface area contributed by atoms with Crippen molar-refractivity contribution in [2.45, 2.75) is 297 Å². The van der Waals surface area contributed by atoms with Crippen molar-refractivity contribution in [1.29, 1.82) is 0 Å². The molecule has 0 rings (SSSR count). The van der Waals surface area contributed by atoms with Crippen molar-refractivity contribution in [2.24, 2.45) is 0 Å². The second-order valence-electron chi connectivity index (χ2n) is 20.6. The standard InChI is InChI=1S/C69H116O6/c1-4-7-10-13-15-17-19-21-23-25-27-28-29-30-31-32-33-34-35-36-37-38-39-40-42-43-45-47-49-51-53-56-59-62-68(71)74-65-66(64-73-67(70)61-58-55-12-9-6-3)75-69(72)63-60-57-54-52-50-48-46-44-41-26-24-22-20-18-16-14-11-8-5-2/h7,10,15,17,21-24,27-28,30-31,33-34,36-37,39-40,66H,4-6,8-9,11-14,16,18-20,25-26,29,32,35,38,41-65H2,1-3H3/b10-7-,17-15-,23-21-,24-22-,28-27-,31-30-,34-33-,37-36-,40-39-. The monoisotopic (exact) mass is 1040 g/mol. The molecule has 0 fully saturated rings. The number of esters is 3. The van der Waals surface area contributed by atoms with E-state index in [1.165, 1.54) is 128 Å². The summed E-state index contributed by atoms with van der Waals surface area (Å²) in [4.78, 5) is 37.9. The predicted octanol–water partition coefficient (Wildman–Crippen LogP) is 21.4. The van der Waals surface area contributed by atoms with Gasteiger partial charge in [0.25, 0.3) is 0 Å². The van der Waals surface area contributed by atoms with E-state index >= 15 is 0 Å². The molecule has 0 aliphatic carbocycles. The number of hydrogen-bond acceptors (Lipinski definition) is 6. The Labute approximate surface area is 463 Å².